The van der Waals surface area contributed by atoms with Crippen molar-refractivity contribution in [2.75, 3.05) is 7.11 Å². The molecule has 7 heteroatoms. The summed E-state index contributed by atoms with van der Waals surface area (Å²) in [5.41, 5.74) is 0.516. The van der Waals surface area contributed by atoms with Crippen molar-refractivity contribution in [3.63, 3.8) is 0 Å². The molecule has 2 heterocycles. The number of carbonyl (C=O) groups excluding carboxylic acids is 2. The summed E-state index contributed by atoms with van der Waals surface area (Å²) < 4.78 is 5.04. The molecule has 118 valence electrons. The van der Waals surface area contributed by atoms with Gasteiger partial charge in [0.05, 0.1) is 23.6 Å². The maximum Gasteiger partial charge on any atom is 0.287 e. The third-order valence-corrected chi connectivity index (χ3v) is 4.43. The topological polar surface area (TPSA) is 95.9 Å². The summed E-state index contributed by atoms with van der Waals surface area (Å²) in [6.45, 7) is 0. The quantitative estimate of drug-likeness (QED) is 0.747. The molecular weight excluding hydrogens is 318 g/mol. The zero-order valence-corrected chi connectivity index (χ0v) is 12.9. The zero-order chi connectivity index (χ0) is 16.6. The molecule has 0 spiro atoms. The first-order valence-electron chi connectivity index (χ1n) is 6.72. The van der Waals surface area contributed by atoms with Crippen LogP contribution in [0.3, 0.4) is 0 Å². The molecule has 3 rings (SSSR count). The molecule has 0 saturated heterocycles. The first kappa shape index (κ1) is 15.1. The van der Waals surface area contributed by atoms with Crippen LogP contribution in [0.2, 0.25) is 0 Å². The number of hydrogen-bond donors (Lipinski definition) is 3. The lowest BCUT2D eigenvalue weighted by Crippen LogP contribution is -2.23. The Morgan fingerprint density at radius 1 is 1.30 bits per heavy atom. The Labute approximate surface area is 135 Å². The van der Waals surface area contributed by atoms with Crippen molar-refractivity contribution in [1.29, 1.82) is 0 Å². The maximum atomic E-state index is 12.6. The molecule has 1 atom stereocenters. The Kier molecular flexibility index (Phi) is 3.79. The molecule has 1 aliphatic rings. The predicted molar refractivity (Wildman–Crippen MR) is 83.8 cm³/mol. The van der Waals surface area contributed by atoms with Gasteiger partial charge in [-0.05, 0) is 29.1 Å². The minimum absolute atomic E-state index is 0.00908. The monoisotopic (exact) mass is 331 g/mol. The van der Waals surface area contributed by atoms with Gasteiger partial charge in [-0.15, -0.1) is 11.3 Å². The van der Waals surface area contributed by atoms with Crippen LogP contribution in [-0.4, -0.2) is 29.0 Å². The molecule has 1 aliphatic heterocycles. The number of rotatable bonds is 4. The number of ketones is 1. The maximum absolute atomic E-state index is 12.6. The van der Waals surface area contributed by atoms with Crippen molar-refractivity contribution in [2.24, 2.45) is 0 Å². The fraction of sp³-hybridized carbons (Fsp3) is 0.125. The number of aromatic hydroxyl groups is 1. The first-order valence-corrected chi connectivity index (χ1v) is 7.60. The highest BCUT2D eigenvalue weighted by atomic mass is 32.1. The number of phenols is 1. The number of ether oxygens (including phenoxy) is 1. The lowest BCUT2D eigenvalue weighted by molar-refractivity contribution is -0.119. The summed E-state index contributed by atoms with van der Waals surface area (Å²) in [6, 6.07) is 7.03. The van der Waals surface area contributed by atoms with Gasteiger partial charge in [-0.3, -0.25) is 9.59 Å². The molecule has 6 nitrogen and oxygen atoms in total. The van der Waals surface area contributed by atoms with Gasteiger partial charge in [0.2, 0.25) is 5.78 Å². The van der Waals surface area contributed by atoms with Gasteiger partial charge in [0, 0.05) is 0 Å². The second-order valence-electron chi connectivity index (χ2n) is 4.91. The fourth-order valence-corrected chi connectivity index (χ4v) is 3.11. The van der Waals surface area contributed by atoms with Gasteiger partial charge < -0.3 is 20.3 Å². The predicted octanol–water partition coefficient (Wildman–Crippen LogP) is 2.33. The van der Waals surface area contributed by atoms with E-state index in [2.05, 4.69) is 5.32 Å². The fourth-order valence-electron chi connectivity index (χ4n) is 2.43. The van der Waals surface area contributed by atoms with Gasteiger partial charge in [-0.1, -0.05) is 12.1 Å². The van der Waals surface area contributed by atoms with Crippen LogP contribution in [0.25, 0.3) is 0 Å². The van der Waals surface area contributed by atoms with E-state index in [0.717, 1.165) is 0 Å². The number of Topliss-reactive ketones (excluding diaryl/α,β-unsaturated/α-hetero) is 1. The van der Waals surface area contributed by atoms with Crippen LogP contribution in [-0.2, 0) is 4.79 Å². The molecule has 0 saturated carbocycles. The number of aliphatic hydroxyl groups is 1. The molecule has 3 N–H and O–H groups in total. The molecule has 1 aromatic heterocycles. The number of nitrogens with one attached hydrogen (secondary N) is 1. The lowest BCUT2D eigenvalue weighted by atomic mass is 9.96. The van der Waals surface area contributed by atoms with Crippen molar-refractivity contribution >= 4 is 23.0 Å². The second-order valence-corrected chi connectivity index (χ2v) is 5.85. The molecule has 2 aromatic rings. The summed E-state index contributed by atoms with van der Waals surface area (Å²) in [5.74, 6) is -1.54. The molecule has 23 heavy (non-hydrogen) atoms. The van der Waals surface area contributed by atoms with Gasteiger partial charge in [0.1, 0.15) is 0 Å². The van der Waals surface area contributed by atoms with E-state index in [1.54, 1.807) is 23.6 Å². The van der Waals surface area contributed by atoms with Crippen molar-refractivity contribution in [2.45, 2.75) is 6.04 Å². The second kappa shape index (κ2) is 5.77. The van der Waals surface area contributed by atoms with Gasteiger partial charge in [0.15, 0.2) is 17.3 Å². The van der Waals surface area contributed by atoms with E-state index in [0.29, 0.717) is 10.4 Å². The van der Waals surface area contributed by atoms with Crippen LogP contribution >= 0.6 is 11.3 Å². The number of methoxy groups -OCH3 is 1. The molecule has 0 radical (unpaired) electrons. The van der Waals surface area contributed by atoms with E-state index in [4.69, 9.17) is 4.74 Å². The van der Waals surface area contributed by atoms with Crippen LogP contribution in [0.1, 0.15) is 21.3 Å². The first-order chi connectivity index (χ1) is 11.0. The van der Waals surface area contributed by atoms with Crippen LogP contribution < -0.4 is 10.1 Å². The summed E-state index contributed by atoms with van der Waals surface area (Å²) in [6.07, 6.45) is 0. The third kappa shape index (κ3) is 2.55. The Balaban J connectivity index is 2.05. The number of carbonyl (C=O) groups is 2. The Hall–Kier alpha value is -2.80. The SMILES string of the molecule is COc1cc([C@@H]2NC(=O)C(O)=C2C(=O)c2cccs2)ccc1O. The molecule has 0 bridgehead atoms. The van der Waals surface area contributed by atoms with Crippen molar-refractivity contribution in [3.05, 3.63) is 57.5 Å². The molecule has 0 fully saturated rings. The van der Waals surface area contributed by atoms with Crippen LogP contribution in [0.4, 0.5) is 0 Å². The largest absolute Gasteiger partial charge is 0.504 e. The normalized spacial score (nSPS) is 17.3. The van der Waals surface area contributed by atoms with Crippen LogP contribution in [0.15, 0.2) is 47.0 Å². The highest BCUT2D eigenvalue weighted by molar-refractivity contribution is 7.12. The third-order valence-electron chi connectivity index (χ3n) is 3.56. The summed E-state index contributed by atoms with van der Waals surface area (Å²) in [5, 5.41) is 24.0. The standard InChI is InChI=1S/C16H13NO5S/c1-22-10-7-8(4-5-9(10)18)13-12(15(20)16(21)17-13)14(19)11-3-2-6-23-11/h2-7,13,18,20H,1H3,(H,17,21)/t13-/m0/s1. The van der Waals surface area contributed by atoms with E-state index in [9.17, 15) is 19.8 Å². The van der Waals surface area contributed by atoms with E-state index >= 15 is 0 Å². The van der Waals surface area contributed by atoms with E-state index < -0.39 is 23.5 Å². The zero-order valence-electron chi connectivity index (χ0n) is 12.1. The number of thiophene rings is 1. The van der Waals surface area contributed by atoms with Crippen molar-refractivity contribution in [3.8, 4) is 11.5 Å². The van der Waals surface area contributed by atoms with E-state index in [-0.39, 0.29) is 17.1 Å². The van der Waals surface area contributed by atoms with Gasteiger partial charge in [-0.2, -0.15) is 0 Å². The van der Waals surface area contributed by atoms with Crippen LogP contribution in [0.5, 0.6) is 11.5 Å². The molecule has 0 aliphatic carbocycles. The van der Waals surface area contributed by atoms with Crippen molar-refractivity contribution in [1.82, 2.24) is 5.32 Å². The molecule has 0 unspecified atom stereocenters. The Morgan fingerprint density at radius 3 is 2.74 bits per heavy atom. The summed E-state index contributed by atoms with van der Waals surface area (Å²) in [4.78, 5) is 24.8. The number of benzene rings is 1. The number of amides is 1. The highest BCUT2D eigenvalue weighted by Crippen LogP contribution is 2.36. The van der Waals surface area contributed by atoms with E-state index in [1.165, 1.54) is 30.6 Å². The summed E-state index contributed by atoms with van der Waals surface area (Å²) in [7, 11) is 1.40. The van der Waals surface area contributed by atoms with E-state index in [1.807, 2.05) is 0 Å². The minimum Gasteiger partial charge on any atom is -0.504 e. The molecule has 1 amide bonds. The molecular formula is C16H13NO5S. The lowest BCUT2D eigenvalue weighted by Gasteiger charge is -2.15. The van der Waals surface area contributed by atoms with Gasteiger partial charge >= 0.3 is 0 Å². The Bertz CT molecular complexity index is 810. The average Bonchev–Trinajstić information content (AvgIpc) is 3.17. The number of phenolic OH excluding ortho intramolecular Hbond substituents is 1. The Morgan fingerprint density at radius 2 is 2.09 bits per heavy atom. The average molecular weight is 331 g/mol. The highest BCUT2D eigenvalue weighted by Gasteiger charge is 2.38. The summed E-state index contributed by atoms with van der Waals surface area (Å²) >= 11 is 1.23. The number of hydrogen-bond acceptors (Lipinski definition) is 6. The van der Waals surface area contributed by atoms with Gasteiger partial charge in [0.25, 0.3) is 5.91 Å². The van der Waals surface area contributed by atoms with Gasteiger partial charge in [-0.25, -0.2) is 0 Å². The smallest absolute Gasteiger partial charge is 0.287 e. The molecule has 1 aromatic carbocycles. The number of aliphatic hydroxyl groups excluding tert-OH is 1. The van der Waals surface area contributed by atoms with Crippen LogP contribution in [0, 0.1) is 0 Å². The minimum atomic E-state index is -0.799. The van der Waals surface area contributed by atoms with Crippen molar-refractivity contribution < 1.29 is 24.5 Å².